The van der Waals surface area contributed by atoms with E-state index in [4.69, 9.17) is 0 Å². The zero-order valence-corrected chi connectivity index (χ0v) is 16.5. The molecule has 0 aliphatic heterocycles. The lowest BCUT2D eigenvalue weighted by atomic mass is 10.1. The summed E-state index contributed by atoms with van der Waals surface area (Å²) in [6.07, 6.45) is 1.08. The first-order valence-electron chi connectivity index (χ1n) is 7.03. The molecule has 0 bridgehead atoms. The van der Waals surface area contributed by atoms with Gasteiger partial charge in [-0.2, -0.15) is 0 Å². The van der Waals surface area contributed by atoms with Gasteiger partial charge in [0.1, 0.15) is 0 Å². The summed E-state index contributed by atoms with van der Waals surface area (Å²) < 4.78 is 2.43. The minimum atomic E-state index is 0.503. The van der Waals surface area contributed by atoms with Crippen LogP contribution in [-0.2, 0) is 6.42 Å². The van der Waals surface area contributed by atoms with Gasteiger partial charge in [0.25, 0.3) is 0 Å². The molecule has 1 N–H and O–H groups in total. The van der Waals surface area contributed by atoms with E-state index in [0.717, 1.165) is 23.2 Å². The zero-order valence-electron chi connectivity index (χ0n) is 12.0. The number of likely N-dealkylation sites (N-methyl/N-ethyl adjacent to an activating group) is 1. The third-order valence-electron chi connectivity index (χ3n) is 3.15. The molecule has 0 aliphatic rings. The summed E-state index contributed by atoms with van der Waals surface area (Å²) in [5, 5.41) is 3.60. The van der Waals surface area contributed by atoms with E-state index in [1.54, 1.807) is 0 Å². The second kappa shape index (κ2) is 9.18. The van der Waals surface area contributed by atoms with Crippen molar-refractivity contribution in [3.8, 4) is 0 Å². The van der Waals surface area contributed by atoms with Crippen molar-refractivity contribution in [2.45, 2.75) is 24.3 Å². The van der Waals surface area contributed by atoms with Gasteiger partial charge in [0.2, 0.25) is 0 Å². The summed E-state index contributed by atoms with van der Waals surface area (Å²) in [5.41, 5.74) is 1.40. The van der Waals surface area contributed by atoms with E-state index in [-0.39, 0.29) is 0 Å². The molecule has 2 rings (SSSR count). The SMILES string of the molecule is CCNC(CSc1ccc(Br)cc1)Cc1ccc(I)cc1. The second-order valence-corrected chi connectivity index (χ2v) is 8.10. The molecule has 112 valence electrons. The lowest BCUT2D eigenvalue weighted by Crippen LogP contribution is -2.33. The third kappa shape index (κ3) is 6.30. The number of nitrogens with one attached hydrogen (secondary N) is 1. The normalized spacial score (nSPS) is 12.3. The first-order valence-corrected chi connectivity index (χ1v) is 9.89. The summed E-state index contributed by atoms with van der Waals surface area (Å²) in [6, 6.07) is 17.9. The molecule has 4 heteroatoms. The van der Waals surface area contributed by atoms with E-state index in [1.165, 1.54) is 14.0 Å². The molecule has 0 radical (unpaired) electrons. The Morgan fingerprint density at radius 3 is 2.38 bits per heavy atom. The van der Waals surface area contributed by atoms with Crippen LogP contribution in [0.25, 0.3) is 0 Å². The van der Waals surface area contributed by atoms with Crippen molar-refractivity contribution in [2.24, 2.45) is 0 Å². The van der Waals surface area contributed by atoms with Crippen LogP contribution in [-0.4, -0.2) is 18.3 Å². The van der Waals surface area contributed by atoms with E-state index in [9.17, 15) is 0 Å². The molecule has 1 atom stereocenters. The maximum Gasteiger partial charge on any atom is 0.0201 e. The molecule has 0 aliphatic carbocycles. The fourth-order valence-corrected chi connectivity index (χ4v) is 3.69. The van der Waals surface area contributed by atoms with Crippen molar-refractivity contribution in [3.63, 3.8) is 0 Å². The van der Waals surface area contributed by atoms with E-state index in [2.05, 4.69) is 99.3 Å². The number of hydrogen-bond acceptors (Lipinski definition) is 2. The molecule has 0 saturated carbocycles. The molecule has 0 saturated heterocycles. The average Bonchev–Trinajstić information content (AvgIpc) is 2.49. The van der Waals surface area contributed by atoms with Crippen molar-refractivity contribution in [1.29, 1.82) is 0 Å². The maximum atomic E-state index is 3.60. The summed E-state index contributed by atoms with van der Waals surface area (Å²) in [6.45, 7) is 3.18. The monoisotopic (exact) mass is 475 g/mol. The van der Waals surface area contributed by atoms with Crippen LogP contribution in [0.15, 0.2) is 57.9 Å². The lowest BCUT2D eigenvalue weighted by Gasteiger charge is -2.18. The molecule has 0 fully saturated rings. The van der Waals surface area contributed by atoms with Crippen LogP contribution in [0.4, 0.5) is 0 Å². The van der Waals surface area contributed by atoms with Crippen molar-refractivity contribution >= 4 is 50.3 Å². The fraction of sp³-hybridized carbons (Fsp3) is 0.294. The Hall–Kier alpha value is -0.0400. The van der Waals surface area contributed by atoms with Gasteiger partial charge in [-0.05, 0) is 77.5 Å². The molecule has 0 heterocycles. The van der Waals surface area contributed by atoms with Crippen LogP contribution in [0.2, 0.25) is 0 Å². The summed E-state index contributed by atoms with van der Waals surface area (Å²) in [5.74, 6) is 1.08. The van der Waals surface area contributed by atoms with Crippen molar-refractivity contribution in [1.82, 2.24) is 5.32 Å². The van der Waals surface area contributed by atoms with Gasteiger partial charge in [0.05, 0.1) is 0 Å². The number of halogens is 2. The third-order valence-corrected chi connectivity index (χ3v) is 5.58. The Morgan fingerprint density at radius 1 is 1.10 bits per heavy atom. The fourth-order valence-electron chi connectivity index (χ4n) is 2.11. The Kier molecular flexibility index (Phi) is 7.57. The Morgan fingerprint density at radius 2 is 1.76 bits per heavy atom. The van der Waals surface area contributed by atoms with Gasteiger partial charge >= 0.3 is 0 Å². The predicted octanol–water partition coefficient (Wildman–Crippen LogP) is 5.37. The van der Waals surface area contributed by atoms with Gasteiger partial charge in [-0.25, -0.2) is 0 Å². The lowest BCUT2D eigenvalue weighted by molar-refractivity contribution is 0.572. The van der Waals surface area contributed by atoms with Gasteiger partial charge in [0, 0.05) is 24.7 Å². The molecule has 0 amide bonds. The average molecular weight is 476 g/mol. The van der Waals surface area contributed by atoms with E-state index >= 15 is 0 Å². The van der Waals surface area contributed by atoms with Gasteiger partial charge < -0.3 is 5.32 Å². The largest absolute Gasteiger partial charge is 0.313 e. The number of thioether (sulfide) groups is 1. The minimum absolute atomic E-state index is 0.503. The van der Waals surface area contributed by atoms with Crippen LogP contribution in [0.3, 0.4) is 0 Å². The quantitative estimate of drug-likeness (QED) is 0.427. The molecule has 2 aromatic carbocycles. The first kappa shape index (κ1) is 17.3. The standard InChI is InChI=1S/C17H19BrINS/c1-2-20-16(11-13-3-7-15(19)8-4-13)12-21-17-9-5-14(18)6-10-17/h3-10,16,20H,2,11-12H2,1H3. The summed E-state index contributed by atoms with van der Waals surface area (Å²) in [4.78, 5) is 1.32. The Labute approximate surface area is 153 Å². The molecule has 2 aromatic rings. The van der Waals surface area contributed by atoms with Crippen LogP contribution < -0.4 is 5.32 Å². The molecule has 1 nitrogen and oxygen atoms in total. The van der Waals surface area contributed by atoms with Crippen LogP contribution in [0, 0.1) is 3.57 Å². The van der Waals surface area contributed by atoms with Crippen molar-refractivity contribution in [3.05, 3.63) is 62.1 Å². The summed E-state index contributed by atoms with van der Waals surface area (Å²) >= 11 is 7.74. The van der Waals surface area contributed by atoms with Gasteiger partial charge in [-0.1, -0.05) is 35.0 Å². The van der Waals surface area contributed by atoms with Gasteiger partial charge in [0.15, 0.2) is 0 Å². The van der Waals surface area contributed by atoms with Crippen molar-refractivity contribution < 1.29 is 0 Å². The van der Waals surface area contributed by atoms with E-state index in [1.807, 2.05) is 11.8 Å². The molecular weight excluding hydrogens is 457 g/mol. The summed E-state index contributed by atoms with van der Waals surface area (Å²) in [7, 11) is 0. The second-order valence-electron chi connectivity index (χ2n) is 4.85. The highest BCUT2D eigenvalue weighted by atomic mass is 127. The number of rotatable bonds is 7. The van der Waals surface area contributed by atoms with Crippen molar-refractivity contribution in [2.75, 3.05) is 12.3 Å². The van der Waals surface area contributed by atoms with Crippen LogP contribution in [0.5, 0.6) is 0 Å². The first-order chi connectivity index (χ1) is 10.2. The number of hydrogen-bond donors (Lipinski definition) is 1. The smallest absolute Gasteiger partial charge is 0.0201 e. The van der Waals surface area contributed by atoms with Crippen LogP contribution in [0.1, 0.15) is 12.5 Å². The van der Waals surface area contributed by atoms with Crippen LogP contribution >= 0.6 is 50.3 Å². The van der Waals surface area contributed by atoms with E-state index in [0.29, 0.717) is 6.04 Å². The predicted molar refractivity (Wildman–Crippen MR) is 105 cm³/mol. The zero-order chi connectivity index (χ0) is 15.1. The van der Waals surface area contributed by atoms with Gasteiger partial charge in [-0.15, -0.1) is 11.8 Å². The highest BCUT2D eigenvalue weighted by molar-refractivity contribution is 14.1. The number of benzene rings is 2. The maximum absolute atomic E-state index is 3.60. The van der Waals surface area contributed by atoms with E-state index < -0.39 is 0 Å². The Bertz CT molecular complexity index is 542. The molecule has 0 aromatic heterocycles. The highest BCUT2D eigenvalue weighted by Crippen LogP contribution is 2.22. The topological polar surface area (TPSA) is 12.0 Å². The molecule has 1 unspecified atom stereocenters. The van der Waals surface area contributed by atoms with Gasteiger partial charge in [-0.3, -0.25) is 0 Å². The minimum Gasteiger partial charge on any atom is -0.313 e. The highest BCUT2D eigenvalue weighted by Gasteiger charge is 2.09. The molecule has 0 spiro atoms. The molecular formula is C17H19BrINS. The Balaban J connectivity index is 1.92. The molecule has 21 heavy (non-hydrogen) atoms.